The fourth-order valence-electron chi connectivity index (χ4n) is 2.61. The summed E-state index contributed by atoms with van der Waals surface area (Å²) in [5, 5.41) is 5.19. The van der Waals surface area contributed by atoms with Gasteiger partial charge in [-0.05, 0) is 30.3 Å². The van der Waals surface area contributed by atoms with Crippen molar-refractivity contribution >= 4 is 29.1 Å². The van der Waals surface area contributed by atoms with Gasteiger partial charge in [-0.3, -0.25) is 14.4 Å². The highest BCUT2D eigenvalue weighted by Crippen LogP contribution is 2.29. The number of anilines is 2. The predicted octanol–water partition coefficient (Wildman–Crippen LogP) is 2.01. The molecular formula is C19H18FN3O4. The van der Waals surface area contributed by atoms with Gasteiger partial charge in [0.2, 0.25) is 11.8 Å². The summed E-state index contributed by atoms with van der Waals surface area (Å²) in [4.78, 5) is 37.6. The third kappa shape index (κ3) is 4.60. The zero-order valence-electron chi connectivity index (χ0n) is 14.6. The van der Waals surface area contributed by atoms with Gasteiger partial charge in [0.15, 0.2) is 6.10 Å². The number of amides is 3. The lowest BCUT2D eigenvalue weighted by Gasteiger charge is -2.26. The maximum absolute atomic E-state index is 13.1. The molecule has 1 heterocycles. The van der Waals surface area contributed by atoms with Crippen molar-refractivity contribution in [1.82, 2.24) is 4.90 Å². The van der Waals surface area contributed by atoms with Gasteiger partial charge in [0.1, 0.15) is 11.6 Å². The second-order valence-electron chi connectivity index (χ2n) is 6.10. The smallest absolute Gasteiger partial charge is 0.266 e. The van der Waals surface area contributed by atoms with Crippen LogP contribution in [-0.2, 0) is 14.4 Å². The van der Waals surface area contributed by atoms with E-state index in [1.54, 1.807) is 30.3 Å². The second-order valence-corrected chi connectivity index (χ2v) is 6.10. The number of ether oxygens (including phenoxy) is 1. The number of fused-ring (bicyclic) bond motifs is 1. The topological polar surface area (TPSA) is 87.7 Å². The highest BCUT2D eigenvalue weighted by molar-refractivity contribution is 6.00. The summed E-state index contributed by atoms with van der Waals surface area (Å²) < 4.78 is 18.7. The third-order valence-electron chi connectivity index (χ3n) is 3.98. The fourth-order valence-corrected chi connectivity index (χ4v) is 2.61. The van der Waals surface area contributed by atoms with E-state index in [-0.39, 0.29) is 13.0 Å². The van der Waals surface area contributed by atoms with E-state index in [2.05, 4.69) is 10.6 Å². The minimum absolute atomic E-state index is 0.204. The number of benzene rings is 2. The van der Waals surface area contributed by atoms with Gasteiger partial charge in [-0.15, -0.1) is 0 Å². The van der Waals surface area contributed by atoms with Crippen molar-refractivity contribution in [1.29, 1.82) is 0 Å². The summed E-state index contributed by atoms with van der Waals surface area (Å²) >= 11 is 0. The molecule has 140 valence electrons. The fraction of sp³-hybridized carbons (Fsp3) is 0.211. The molecule has 0 unspecified atom stereocenters. The van der Waals surface area contributed by atoms with E-state index >= 15 is 0 Å². The molecule has 8 heteroatoms. The average Bonchev–Trinajstić information content (AvgIpc) is 2.62. The van der Waals surface area contributed by atoms with Crippen molar-refractivity contribution in [3.63, 3.8) is 0 Å². The Morgan fingerprint density at radius 1 is 1.22 bits per heavy atom. The van der Waals surface area contributed by atoms with Crippen LogP contribution in [0.4, 0.5) is 15.8 Å². The first-order valence-electron chi connectivity index (χ1n) is 8.28. The van der Waals surface area contributed by atoms with Gasteiger partial charge in [0.25, 0.3) is 5.91 Å². The van der Waals surface area contributed by atoms with Gasteiger partial charge in [-0.1, -0.05) is 18.2 Å². The number of likely N-dealkylation sites (N-methyl/N-ethyl adjacent to an activating group) is 1. The molecule has 0 fully saturated rings. The van der Waals surface area contributed by atoms with Crippen molar-refractivity contribution < 1.29 is 23.5 Å². The van der Waals surface area contributed by atoms with Crippen LogP contribution in [0.3, 0.4) is 0 Å². The molecule has 27 heavy (non-hydrogen) atoms. The molecule has 2 N–H and O–H groups in total. The Morgan fingerprint density at radius 3 is 2.78 bits per heavy atom. The first kappa shape index (κ1) is 18.4. The molecule has 0 aromatic heterocycles. The van der Waals surface area contributed by atoms with Crippen LogP contribution in [0, 0.1) is 5.82 Å². The number of halogens is 1. The van der Waals surface area contributed by atoms with E-state index in [9.17, 15) is 18.8 Å². The molecule has 2 aromatic carbocycles. The number of hydrogen-bond acceptors (Lipinski definition) is 4. The minimum Gasteiger partial charge on any atom is -0.478 e. The summed E-state index contributed by atoms with van der Waals surface area (Å²) in [6.07, 6.45) is -1.18. The molecule has 0 aliphatic carbocycles. The molecule has 1 atom stereocenters. The Bertz CT molecular complexity index is 887. The lowest BCUT2D eigenvalue weighted by Crippen LogP contribution is -2.43. The molecular weight excluding hydrogens is 353 g/mol. The summed E-state index contributed by atoms with van der Waals surface area (Å²) in [6, 6.07) is 12.4. The Labute approximate surface area is 155 Å². The molecule has 3 rings (SSSR count). The molecule has 0 saturated carbocycles. The molecule has 2 aromatic rings. The van der Waals surface area contributed by atoms with Gasteiger partial charge >= 0.3 is 0 Å². The molecule has 0 saturated heterocycles. The zero-order valence-corrected chi connectivity index (χ0v) is 14.6. The average molecular weight is 371 g/mol. The predicted molar refractivity (Wildman–Crippen MR) is 96.8 cm³/mol. The molecule has 0 bridgehead atoms. The van der Waals surface area contributed by atoms with Crippen LogP contribution < -0.4 is 15.4 Å². The van der Waals surface area contributed by atoms with E-state index in [0.717, 1.165) is 0 Å². The highest BCUT2D eigenvalue weighted by Gasteiger charge is 2.30. The van der Waals surface area contributed by atoms with E-state index in [4.69, 9.17) is 4.74 Å². The molecule has 1 aliphatic rings. The Balaban J connectivity index is 1.54. The third-order valence-corrected chi connectivity index (χ3v) is 3.98. The largest absolute Gasteiger partial charge is 0.478 e. The Kier molecular flexibility index (Phi) is 5.35. The van der Waals surface area contributed by atoms with Gasteiger partial charge in [0, 0.05) is 12.7 Å². The van der Waals surface area contributed by atoms with Crippen LogP contribution in [0.5, 0.6) is 5.75 Å². The SMILES string of the molecule is CN(CC(=O)Nc1cccc(F)c1)C(=O)C[C@@H]1Oc2ccccc2NC1=O. The minimum atomic E-state index is -0.971. The number of nitrogens with zero attached hydrogens (tertiary/aromatic N) is 1. The zero-order chi connectivity index (χ0) is 19.4. The number of carbonyl (C=O) groups excluding carboxylic acids is 3. The van der Waals surface area contributed by atoms with Gasteiger partial charge < -0.3 is 20.3 Å². The molecule has 7 nitrogen and oxygen atoms in total. The maximum atomic E-state index is 13.1. The summed E-state index contributed by atoms with van der Waals surface area (Å²) in [6.45, 7) is -0.236. The van der Waals surface area contributed by atoms with Gasteiger partial charge in [-0.25, -0.2) is 4.39 Å². The van der Waals surface area contributed by atoms with E-state index in [1.807, 2.05) is 0 Å². The van der Waals surface area contributed by atoms with Crippen molar-refractivity contribution in [2.45, 2.75) is 12.5 Å². The number of rotatable bonds is 5. The van der Waals surface area contributed by atoms with E-state index in [0.29, 0.717) is 17.1 Å². The van der Waals surface area contributed by atoms with Crippen molar-refractivity contribution in [2.24, 2.45) is 0 Å². The Morgan fingerprint density at radius 2 is 2.00 bits per heavy atom. The summed E-state index contributed by atoms with van der Waals surface area (Å²) in [5.74, 6) is -1.31. The summed E-state index contributed by atoms with van der Waals surface area (Å²) in [7, 11) is 1.45. The molecule has 0 spiro atoms. The van der Waals surface area contributed by atoms with Crippen molar-refractivity contribution in [3.8, 4) is 5.75 Å². The van der Waals surface area contributed by atoms with Crippen LogP contribution in [0.2, 0.25) is 0 Å². The van der Waals surface area contributed by atoms with Crippen molar-refractivity contribution in [3.05, 3.63) is 54.3 Å². The van der Waals surface area contributed by atoms with Crippen LogP contribution in [-0.4, -0.2) is 42.3 Å². The molecule has 3 amide bonds. The van der Waals surface area contributed by atoms with E-state index in [1.165, 1.54) is 30.1 Å². The highest BCUT2D eigenvalue weighted by atomic mass is 19.1. The lowest BCUT2D eigenvalue weighted by atomic mass is 10.1. The first-order valence-corrected chi connectivity index (χ1v) is 8.28. The van der Waals surface area contributed by atoms with E-state index < -0.39 is 29.6 Å². The quantitative estimate of drug-likeness (QED) is 0.842. The monoisotopic (exact) mass is 371 g/mol. The van der Waals surface area contributed by atoms with Crippen LogP contribution >= 0.6 is 0 Å². The number of carbonyl (C=O) groups is 3. The van der Waals surface area contributed by atoms with Gasteiger partial charge in [0.05, 0.1) is 18.7 Å². The van der Waals surface area contributed by atoms with Crippen LogP contribution in [0.15, 0.2) is 48.5 Å². The first-order chi connectivity index (χ1) is 12.9. The molecule has 0 radical (unpaired) electrons. The number of hydrogen-bond donors (Lipinski definition) is 2. The van der Waals surface area contributed by atoms with Gasteiger partial charge in [-0.2, -0.15) is 0 Å². The van der Waals surface area contributed by atoms with Crippen molar-refractivity contribution in [2.75, 3.05) is 24.2 Å². The maximum Gasteiger partial charge on any atom is 0.266 e. The molecule has 1 aliphatic heterocycles. The standard InChI is InChI=1S/C19H18FN3O4/c1-23(11-17(24)21-13-6-4-5-12(20)9-13)18(25)10-16-19(26)22-14-7-2-3-8-15(14)27-16/h2-9,16H,10-11H2,1H3,(H,21,24)(H,22,26)/t16-/m0/s1. The normalized spacial score (nSPS) is 15.2. The second kappa shape index (κ2) is 7.86. The van der Waals surface area contributed by atoms with Crippen LogP contribution in [0.25, 0.3) is 0 Å². The van der Waals surface area contributed by atoms with Crippen LogP contribution in [0.1, 0.15) is 6.42 Å². The number of nitrogens with one attached hydrogen (secondary N) is 2. The Hall–Kier alpha value is -3.42. The number of para-hydroxylation sites is 2. The summed E-state index contributed by atoms with van der Waals surface area (Å²) in [5.41, 5.74) is 0.849. The lowest BCUT2D eigenvalue weighted by molar-refractivity contribution is -0.137.